The van der Waals surface area contributed by atoms with E-state index in [1.54, 1.807) is 37.4 Å². The first-order valence-corrected chi connectivity index (χ1v) is 7.35. The van der Waals surface area contributed by atoms with Gasteiger partial charge in [-0.15, -0.1) is 0 Å². The van der Waals surface area contributed by atoms with E-state index in [9.17, 15) is 27.6 Å². The molecule has 0 saturated heterocycles. The van der Waals surface area contributed by atoms with E-state index in [2.05, 4.69) is 5.32 Å². The number of ketones is 1. The van der Waals surface area contributed by atoms with Crippen LogP contribution in [0.25, 0.3) is 0 Å². The third-order valence-electron chi connectivity index (χ3n) is 3.05. The molecule has 132 valence electrons. The standard InChI is InChI=1S/C16H19F3N2O3/c1-10(2)9-20-14(23)12(21-15(24)16(17,18)19)8-13(22)11-6-4-3-5-7-11/h3-7,10,12H,8-9H2,1-2H3,(H,20,23)(H,21,24)/t12-/m1/s1. The largest absolute Gasteiger partial charge is 0.471 e. The predicted octanol–water partition coefficient (Wildman–Crippen LogP) is 2.08. The second-order valence-corrected chi connectivity index (χ2v) is 5.66. The van der Waals surface area contributed by atoms with E-state index in [1.807, 2.05) is 0 Å². The minimum absolute atomic E-state index is 0.0674. The fraction of sp³-hybridized carbons (Fsp3) is 0.438. The summed E-state index contributed by atoms with van der Waals surface area (Å²) in [5, 5.41) is 4.01. The van der Waals surface area contributed by atoms with Gasteiger partial charge in [-0.2, -0.15) is 13.2 Å². The van der Waals surface area contributed by atoms with Gasteiger partial charge in [0.25, 0.3) is 0 Å². The number of halogens is 3. The van der Waals surface area contributed by atoms with E-state index >= 15 is 0 Å². The fourth-order valence-corrected chi connectivity index (χ4v) is 1.80. The summed E-state index contributed by atoms with van der Waals surface area (Å²) in [6.45, 7) is 3.83. The number of rotatable bonds is 7. The van der Waals surface area contributed by atoms with Crippen LogP contribution in [-0.4, -0.2) is 36.4 Å². The lowest BCUT2D eigenvalue weighted by atomic mass is 10.0. The average molecular weight is 344 g/mol. The third-order valence-corrected chi connectivity index (χ3v) is 3.05. The van der Waals surface area contributed by atoms with Gasteiger partial charge in [-0.05, 0) is 5.92 Å². The number of nitrogens with one attached hydrogen (secondary N) is 2. The van der Waals surface area contributed by atoms with Gasteiger partial charge in [-0.1, -0.05) is 44.2 Å². The van der Waals surface area contributed by atoms with Gasteiger partial charge in [0.05, 0.1) is 0 Å². The second kappa shape index (κ2) is 8.47. The summed E-state index contributed by atoms with van der Waals surface area (Å²) in [6, 6.07) is 6.24. The molecule has 1 aromatic carbocycles. The molecule has 1 rings (SSSR count). The van der Waals surface area contributed by atoms with Crippen LogP contribution in [0.4, 0.5) is 13.2 Å². The molecule has 0 aromatic heterocycles. The first-order valence-electron chi connectivity index (χ1n) is 7.35. The quantitative estimate of drug-likeness (QED) is 0.744. The van der Waals surface area contributed by atoms with Crippen LogP contribution < -0.4 is 10.6 Å². The van der Waals surface area contributed by atoms with Gasteiger partial charge in [-0.25, -0.2) is 0 Å². The van der Waals surface area contributed by atoms with E-state index in [0.29, 0.717) is 0 Å². The Morgan fingerprint density at radius 3 is 2.17 bits per heavy atom. The third kappa shape index (κ3) is 6.39. The Kier molecular flexibility index (Phi) is 6.94. The smallest absolute Gasteiger partial charge is 0.354 e. The Balaban J connectivity index is 2.85. The number of carbonyl (C=O) groups excluding carboxylic acids is 3. The summed E-state index contributed by atoms with van der Waals surface area (Å²) in [6.07, 6.45) is -5.69. The molecule has 0 aliphatic rings. The maximum atomic E-state index is 12.4. The van der Waals surface area contributed by atoms with E-state index in [1.165, 1.54) is 12.1 Å². The highest BCUT2D eigenvalue weighted by molar-refractivity contribution is 6.00. The summed E-state index contributed by atoms with van der Waals surface area (Å²) >= 11 is 0. The van der Waals surface area contributed by atoms with Crippen LogP contribution in [0.5, 0.6) is 0 Å². The lowest BCUT2D eigenvalue weighted by Gasteiger charge is -2.19. The Bertz CT molecular complexity index is 586. The Hall–Kier alpha value is -2.38. The number of hydrogen-bond acceptors (Lipinski definition) is 3. The van der Waals surface area contributed by atoms with Crippen molar-refractivity contribution in [1.29, 1.82) is 0 Å². The Morgan fingerprint density at radius 1 is 1.08 bits per heavy atom. The molecule has 0 bridgehead atoms. The fourth-order valence-electron chi connectivity index (χ4n) is 1.80. The normalized spacial score (nSPS) is 12.6. The summed E-state index contributed by atoms with van der Waals surface area (Å²) in [5.41, 5.74) is 0.250. The molecule has 24 heavy (non-hydrogen) atoms. The van der Waals surface area contributed by atoms with E-state index in [4.69, 9.17) is 0 Å². The van der Waals surface area contributed by atoms with E-state index < -0.39 is 36.2 Å². The number of amides is 2. The maximum Gasteiger partial charge on any atom is 0.471 e. The maximum absolute atomic E-state index is 12.4. The first kappa shape index (κ1) is 19.7. The van der Waals surface area contributed by atoms with Crippen LogP contribution in [0.3, 0.4) is 0 Å². The van der Waals surface area contributed by atoms with Crippen molar-refractivity contribution < 1.29 is 27.6 Å². The van der Waals surface area contributed by atoms with Crippen LogP contribution in [0, 0.1) is 5.92 Å². The van der Waals surface area contributed by atoms with Crippen molar-refractivity contribution in [2.75, 3.05) is 6.54 Å². The number of hydrogen-bond donors (Lipinski definition) is 2. The molecule has 5 nitrogen and oxygen atoms in total. The molecule has 2 amide bonds. The van der Waals surface area contributed by atoms with Crippen molar-refractivity contribution in [2.45, 2.75) is 32.5 Å². The second-order valence-electron chi connectivity index (χ2n) is 5.66. The molecule has 0 aliphatic heterocycles. The predicted molar refractivity (Wildman–Crippen MR) is 81.2 cm³/mol. The van der Waals surface area contributed by atoms with Crippen LogP contribution in [0.15, 0.2) is 30.3 Å². The minimum atomic E-state index is -5.13. The summed E-state index contributed by atoms with van der Waals surface area (Å²) < 4.78 is 37.3. The molecule has 0 radical (unpaired) electrons. The number of alkyl halides is 3. The Morgan fingerprint density at radius 2 is 1.67 bits per heavy atom. The lowest BCUT2D eigenvalue weighted by Crippen LogP contribution is -2.51. The Labute approximate surface area is 137 Å². The monoisotopic (exact) mass is 344 g/mol. The van der Waals surface area contributed by atoms with Crippen molar-refractivity contribution in [3.63, 3.8) is 0 Å². The van der Waals surface area contributed by atoms with E-state index in [0.717, 1.165) is 0 Å². The van der Waals surface area contributed by atoms with Crippen LogP contribution >= 0.6 is 0 Å². The van der Waals surface area contributed by atoms with Crippen LogP contribution in [0.1, 0.15) is 30.6 Å². The highest BCUT2D eigenvalue weighted by Crippen LogP contribution is 2.15. The van der Waals surface area contributed by atoms with E-state index in [-0.39, 0.29) is 18.0 Å². The lowest BCUT2D eigenvalue weighted by molar-refractivity contribution is -0.174. The molecule has 0 aliphatic carbocycles. The van der Waals surface area contributed by atoms with Crippen molar-refractivity contribution in [2.24, 2.45) is 5.92 Å². The SMILES string of the molecule is CC(C)CNC(=O)[C@@H](CC(=O)c1ccccc1)NC(=O)C(F)(F)F. The van der Waals surface area contributed by atoms with Gasteiger partial charge < -0.3 is 10.6 Å². The summed E-state index contributed by atoms with van der Waals surface area (Å²) in [5.74, 6) is -3.56. The number of benzene rings is 1. The minimum Gasteiger partial charge on any atom is -0.354 e. The molecule has 0 unspecified atom stereocenters. The average Bonchev–Trinajstić information content (AvgIpc) is 2.51. The zero-order valence-electron chi connectivity index (χ0n) is 13.3. The van der Waals surface area contributed by atoms with Crippen LogP contribution in [-0.2, 0) is 9.59 Å². The molecule has 0 fully saturated rings. The zero-order valence-corrected chi connectivity index (χ0v) is 13.3. The molecule has 1 atom stereocenters. The molecule has 1 aromatic rings. The molecule has 8 heteroatoms. The van der Waals surface area contributed by atoms with Gasteiger partial charge in [0.15, 0.2) is 5.78 Å². The van der Waals surface area contributed by atoms with Gasteiger partial charge in [0.1, 0.15) is 6.04 Å². The number of carbonyl (C=O) groups is 3. The van der Waals surface area contributed by atoms with Gasteiger partial charge in [0.2, 0.25) is 5.91 Å². The van der Waals surface area contributed by atoms with Gasteiger partial charge in [0, 0.05) is 18.5 Å². The molecule has 0 saturated carbocycles. The molecular formula is C16H19F3N2O3. The molecule has 2 N–H and O–H groups in total. The van der Waals surface area contributed by atoms with Crippen LogP contribution in [0.2, 0.25) is 0 Å². The van der Waals surface area contributed by atoms with Gasteiger partial charge >= 0.3 is 12.1 Å². The highest BCUT2D eigenvalue weighted by atomic mass is 19.4. The van der Waals surface area contributed by atoms with Crippen molar-refractivity contribution >= 4 is 17.6 Å². The molecular weight excluding hydrogens is 325 g/mol. The first-order chi connectivity index (χ1) is 11.1. The summed E-state index contributed by atoms with van der Waals surface area (Å²) in [4.78, 5) is 35.3. The zero-order chi connectivity index (χ0) is 18.3. The number of Topliss-reactive ketones (excluding diaryl/α,β-unsaturated/α-hetero) is 1. The molecule has 0 heterocycles. The van der Waals surface area contributed by atoms with Gasteiger partial charge in [-0.3, -0.25) is 14.4 Å². The molecule has 0 spiro atoms. The van der Waals surface area contributed by atoms with Crippen molar-refractivity contribution in [1.82, 2.24) is 10.6 Å². The van der Waals surface area contributed by atoms with Crippen molar-refractivity contribution in [3.8, 4) is 0 Å². The highest BCUT2D eigenvalue weighted by Gasteiger charge is 2.41. The summed E-state index contributed by atoms with van der Waals surface area (Å²) in [7, 11) is 0. The topological polar surface area (TPSA) is 75.3 Å². The van der Waals surface area contributed by atoms with Crippen molar-refractivity contribution in [3.05, 3.63) is 35.9 Å².